The summed E-state index contributed by atoms with van der Waals surface area (Å²) >= 11 is 7.72. The first-order chi connectivity index (χ1) is 12.6. The molecule has 0 bridgehead atoms. The number of thioether (sulfide) groups is 1. The first-order valence-corrected chi connectivity index (χ1v) is 10.6. The van der Waals surface area contributed by atoms with Gasteiger partial charge in [-0.05, 0) is 37.8 Å². The number of halogens is 1. The molecule has 2 aromatic rings. The highest BCUT2D eigenvalue weighted by Crippen LogP contribution is 2.29. The van der Waals surface area contributed by atoms with E-state index in [4.69, 9.17) is 11.6 Å². The number of nitrogens with zero attached hydrogens (tertiary/aromatic N) is 3. The Morgan fingerprint density at radius 3 is 2.81 bits per heavy atom. The molecule has 0 unspecified atom stereocenters. The van der Waals surface area contributed by atoms with Crippen LogP contribution in [0.3, 0.4) is 0 Å². The van der Waals surface area contributed by atoms with Gasteiger partial charge >= 0.3 is 0 Å². The van der Waals surface area contributed by atoms with Crippen molar-refractivity contribution >= 4 is 29.3 Å². The molecule has 140 valence electrons. The molecule has 0 aliphatic heterocycles. The van der Waals surface area contributed by atoms with Crippen molar-refractivity contribution in [2.24, 2.45) is 5.92 Å². The number of hydrogen-bond acceptors (Lipinski definition) is 4. The Balaban J connectivity index is 1.65. The summed E-state index contributed by atoms with van der Waals surface area (Å²) in [5, 5.41) is 13.2. The molecule has 0 saturated heterocycles. The SMILES string of the molecule is CCn1c(SCC(=O)N[C@@H]2CCCC[C@H]2C)nnc1-c1ccccc1Cl. The first-order valence-electron chi connectivity index (χ1n) is 9.20. The second kappa shape index (κ2) is 8.91. The molecule has 2 atom stereocenters. The van der Waals surface area contributed by atoms with Crippen molar-refractivity contribution in [3.8, 4) is 11.4 Å². The maximum atomic E-state index is 12.4. The Labute approximate surface area is 163 Å². The molecule has 1 aliphatic rings. The van der Waals surface area contributed by atoms with Crippen molar-refractivity contribution in [3.63, 3.8) is 0 Å². The van der Waals surface area contributed by atoms with E-state index >= 15 is 0 Å². The quantitative estimate of drug-likeness (QED) is 0.740. The zero-order valence-corrected chi connectivity index (χ0v) is 16.8. The van der Waals surface area contributed by atoms with Crippen LogP contribution in [0.4, 0.5) is 0 Å². The lowest BCUT2D eigenvalue weighted by atomic mass is 9.86. The summed E-state index contributed by atoms with van der Waals surface area (Å²) in [4.78, 5) is 12.4. The predicted octanol–water partition coefficient (Wildman–Crippen LogP) is 4.41. The fourth-order valence-electron chi connectivity index (χ4n) is 3.43. The molecule has 5 nitrogen and oxygen atoms in total. The lowest BCUT2D eigenvalue weighted by Crippen LogP contribution is -2.41. The highest BCUT2D eigenvalue weighted by molar-refractivity contribution is 7.99. The molecule has 1 aromatic heterocycles. The Bertz CT molecular complexity index is 764. The Kier molecular flexibility index (Phi) is 6.59. The van der Waals surface area contributed by atoms with Crippen LogP contribution in [0.15, 0.2) is 29.4 Å². The average Bonchev–Trinajstić information content (AvgIpc) is 3.05. The number of hydrogen-bond donors (Lipinski definition) is 1. The Hall–Kier alpha value is -1.53. The zero-order valence-electron chi connectivity index (χ0n) is 15.2. The van der Waals surface area contributed by atoms with Gasteiger partial charge < -0.3 is 9.88 Å². The van der Waals surface area contributed by atoms with Gasteiger partial charge in [-0.1, -0.05) is 55.3 Å². The molecule has 1 heterocycles. The van der Waals surface area contributed by atoms with Crippen LogP contribution in [0, 0.1) is 5.92 Å². The van der Waals surface area contributed by atoms with E-state index in [0.29, 0.717) is 22.7 Å². The van der Waals surface area contributed by atoms with Crippen LogP contribution < -0.4 is 5.32 Å². The zero-order chi connectivity index (χ0) is 18.5. The Morgan fingerprint density at radius 2 is 2.08 bits per heavy atom. The highest BCUT2D eigenvalue weighted by atomic mass is 35.5. The number of amides is 1. The minimum absolute atomic E-state index is 0.0682. The maximum Gasteiger partial charge on any atom is 0.230 e. The summed E-state index contributed by atoms with van der Waals surface area (Å²) in [5.41, 5.74) is 0.857. The molecule has 1 aliphatic carbocycles. The van der Waals surface area contributed by atoms with E-state index in [1.54, 1.807) is 0 Å². The van der Waals surface area contributed by atoms with Gasteiger partial charge in [0.15, 0.2) is 11.0 Å². The minimum Gasteiger partial charge on any atom is -0.352 e. The summed E-state index contributed by atoms with van der Waals surface area (Å²) in [6.07, 6.45) is 4.75. The highest BCUT2D eigenvalue weighted by Gasteiger charge is 2.23. The summed E-state index contributed by atoms with van der Waals surface area (Å²) in [6, 6.07) is 7.91. The summed E-state index contributed by atoms with van der Waals surface area (Å²) in [7, 11) is 0. The summed E-state index contributed by atoms with van der Waals surface area (Å²) in [5.74, 6) is 1.72. The fourth-order valence-corrected chi connectivity index (χ4v) is 4.47. The molecule has 1 amide bonds. The van der Waals surface area contributed by atoms with E-state index in [2.05, 4.69) is 22.4 Å². The smallest absolute Gasteiger partial charge is 0.230 e. The van der Waals surface area contributed by atoms with E-state index in [9.17, 15) is 4.79 Å². The molecule has 1 saturated carbocycles. The third-order valence-corrected chi connectivity index (χ3v) is 6.23. The van der Waals surface area contributed by atoms with E-state index in [0.717, 1.165) is 29.5 Å². The summed E-state index contributed by atoms with van der Waals surface area (Å²) in [6.45, 7) is 4.98. The molecule has 1 fully saturated rings. The van der Waals surface area contributed by atoms with Gasteiger partial charge in [-0.15, -0.1) is 10.2 Å². The van der Waals surface area contributed by atoms with Crippen LogP contribution in [0.25, 0.3) is 11.4 Å². The number of carbonyl (C=O) groups is 1. The fraction of sp³-hybridized carbons (Fsp3) is 0.526. The maximum absolute atomic E-state index is 12.4. The molecule has 0 radical (unpaired) electrons. The molecule has 0 spiro atoms. The number of benzene rings is 1. The topological polar surface area (TPSA) is 59.8 Å². The second-order valence-corrected chi connectivity index (χ2v) is 8.10. The standard InChI is InChI=1S/C19H25ClN4OS/c1-3-24-18(14-9-5-6-10-15(14)20)22-23-19(24)26-12-17(25)21-16-11-7-4-8-13(16)2/h5-6,9-10,13,16H,3-4,7-8,11-12H2,1-2H3,(H,21,25)/t13-,16-/m1/s1. The molecule has 7 heteroatoms. The third-order valence-electron chi connectivity index (χ3n) is 4.94. The number of rotatable bonds is 6. The lowest BCUT2D eigenvalue weighted by molar-refractivity contribution is -0.119. The van der Waals surface area contributed by atoms with Gasteiger partial charge in [0.25, 0.3) is 0 Å². The third kappa shape index (κ3) is 4.41. The van der Waals surface area contributed by atoms with Crippen molar-refractivity contribution in [1.82, 2.24) is 20.1 Å². The van der Waals surface area contributed by atoms with Crippen molar-refractivity contribution in [2.45, 2.75) is 57.3 Å². The van der Waals surface area contributed by atoms with Crippen LogP contribution >= 0.6 is 23.4 Å². The van der Waals surface area contributed by atoms with Crippen LogP contribution in [0.1, 0.15) is 39.5 Å². The number of carbonyl (C=O) groups excluding carboxylic acids is 1. The molecule has 26 heavy (non-hydrogen) atoms. The number of nitrogens with one attached hydrogen (secondary N) is 1. The molecular formula is C19H25ClN4OS. The van der Waals surface area contributed by atoms with E-state index in [-0.39, 0.29) is 5.91 Å². The van der Waals surface area contributed by atoms with Gasteiger partial charge in [0, 0.05) is 18.2 Å². The van der Waals surface area contributed by atoms with Crippen molar-refractivity contribution in [1.29, 1.82) is 0 Å². The van der Waals surface area contributed by atoms with Gasteiger partial charge in [-0.25, -0.2) is 0 Å². The molecular weight excluding hydrogens is 368 g/mol. The van der Waals surface area contributed by atoms with Crippen LogP contribution in [0.2, 0.25) is 5.02 Å². The molecule has 1 N–H and O–H groups in total. The minimum atomic E-state index is 0.0682. The largest absolute Gasteiger partial charge is 0.352 e. The van der Waals surface area contributed by atoms with Crippen molar-refractivity contribution < 1.29 is 4.79 Å². The van der Waals surface area contributed by atoms with Gasteiger partial charge in [0.1, 0.15) is 0 Å². The first kappa shape index (κ1) is 19.2. The lowest BCUT2D eigenvalue weighted by Gasteiger charge is -2.29. The van der Waals surface area contributed by atoms with Gasteiger partial charge in [0.05, 0.1) is 10.8 Å². The average molecular weight is 393 g/mol. The van der Waals surface area contributed by atoms with Gasteiger partial charge in [-0.3, -0.25) is 4.79 Å². The van der Waals surface area contributed by atoms with E-state index in [1.165, 1.54) is 31.0 Å². The van der Waals surface area contributed by atoms with Crippen LogP contribution in [0.5, 0.6) is 0 Å². The van der Waals surface area contributed by atoms with E-state index in [1.807, 2.05) is 35.8 Å². The van der Waals surface area contributed by atoms with Crippen molar-refractivity contribution in [3.05, 3.63) is 29.3 Å². The predicted molar refractivity (Wildman–Crippen MR) is 106 cm³/mol. The number of aromatic nitrogens is 3. The van der Waals surface area contributed by atoms with Crippen LogP contribution in [-0.2, 0) is 11.3 Å². The Morgan fingerprint density at radius 1 is 1.31 bits per heavy atom. The van der Waals surface area contributed by atoms with Crippen molar-refractivity contribution in [2.75, 3.05) is 5.75 Å². The van der Waals surface area contributed by atoms with Crippen LogP contribution in [-0.4, -0.2) is 32.5 Å². The van der Waals surface area contributed by atoms with E-state index < -0.39 is 0 Å². The van der Waals surface area contributed by atoms with Gasteiger partial charge in [0.2, 0.25) is 5.91 Å². The monoisotopic (exact) mass is 392 g/mol. The normalized spacial score (nSPS) is 20.1. The molecule has 3 rings (SSSR count). The second-order valence-electron chi connectivity index (χ2n) is 6.75. The summed E-state index contributed by atoms with van der Waals surface area (Å²) < 4.78 is 2.00. The van der Waals surface area contributed by atoms with Gasteiger partial charge in [-0.2, -0.15) is 0 Å². The molecule has 1 aromatic carbocycles.